The molecular formula is C17H10ClN5O2. The van der Waals surface area contributed by atoms with Gasteiger partial charge in [-0.3, -0.25) is 9.78 Å². The number of H-pyrrole nitrogens is 1. The summed E-state index contributed by atoms with van der Waals surface area (Å²) < 4.78 is 1.26. The Bertz CT molecular complexity index is 1200. The number of halogens is 1. The second-order valence-corrected chi connectivity index (χ2v) is 5.68. The highest BCUT2D eigenvalue weighted by Crippen LogP contribution is 2.19. The van der Waals surface area contributed by atoms with Gasteiger partial charge < -0.3 is 0 Å². The molecule has 0 spiro atoms. The lowest BCUT2D eigenvalue weighted by molar-refractivity contribution is 0.884. The highest BCUT2D eigenvalue weighted by atomic mass is 35.5. The van der Waals surface area contributed by atoms with Crippen LogP contribution in [0.1, 0.15) is 0 Å². The van der Waals surface area contributed by atoms with Crippen LogP contribution in [0.4, 0.5) is 0 Å². The molecule has 0 atom stereocenters. The normalized spacial score (nSPS) is 10.9. The number of fused-ring (bicyclic) bond motifs is 1. The van der Waals surface area contributed by atoms with Gasteiger partial charge in [0.2, 0.25) is 0 Å². The number of rotatable bonds is 2. The minimum atomic E-state index is -0.620. The van der Waals surface area contributed by atoms with E-state index >= 15 is 0 Å². The van der Waals surface area contributed by atoms with Crippen molar-refractivity contribution in [2.45, 2.75) is 0 Å². The van der Waals surface area contributed by atoms with Gasteiger partial charge in [0.25, 0.3) is 5.56 Å². The zero-order valence-electron chi connectivity index (χ0n) is 12.7. The molecule has 2 aromatic heterocycles. The van der Waals surface area contributed by atoms with Gasteiger partial charge in [0.1, 0.15) is 0 Å². The van der Waals surface area contributed by atoms with Crippen molar-refractivity contribution in [2.24, 2.45) is 0 Å². The van der Waals surface area contributed by atoms with Gasteiger partial charge in [0.05, 0.1) is 5.69 Å². The summed E-state index contributed by atoms with van der Waals surface area (Å²) in [6.07, 6.45) is 0. The van der Waals surface area contributed by atoms with E-state index in [0.29, 0.717) is 16.3 Å². The summed E-state index contributed by atoms with van der Waals surface area (Å²) >= 11 is 5.98. The summed E-state index contributed by atoms with van der Waals surface area (Å²) in [7, 11) is 0. The lowest BCUT2D eigenvalue weighted by Crippen LogP contribution is -2.30. The standard InChI is InChI=1S/C17H10ClN5O2/c18-11-6-4-5-10(9-11)14-19-13-15(22-21-14)23(17(25)20-16(13)24)12-7-2-1-3-8-12/h1-9H,(H,20,24,25). The van der Waals surface area contributed by atoms with E-state index in [-0.39, 0.29) is 17.0 Å². The second-order valence-electron chi connectivity index (χ2n) is 5.25. The van der Waals surface area contributed by atoms with E-state index in [0.717, 1.165) is 0 Å². The number of benzene rings is 2. The third kappa shape index (κ3) is 2.70. The van der Waals surface area contributed by atoms with Crippen LogP contribution in [0.2, 0.25) is 5.02 Å². The summed E-state index contributed by atoms with van der Waals surface area (Å²) in [6, 6.07) is 15.7. The van der Waals surface area contributed by atoms with Crippen LogP contribution in [-0.4, -0.2) is 24.7 Å². The Morgan fingerprint density at radius 2 is 1.76 bits per heavy atom. The molecule has 2 heterocycles. The third-order valence-corrected chi connectivity index (χ3v) is 3.85. The molecule has 0 aliphatic heterocycles. The third-order valence-electron chi connectivity index (χ3n) is 3.62. The zero-order valence-corrected chi connectivity index (χ0v) is 13.4. The van der Waals surface area contributed by atoms with E-state index < -0.39 is 11.2 Å². The summed E-state index contributed by atoms with van der Waals surface area (Å²) in [4.78, 5) is 31.0. The number of nitrogens with one attached hydrogen (secondary N) is 1. The van der Waals surface area contributed by atoms with Crippen LogP contribution in [0.15, 0.2) is 64.2 Å². The van der Waals surface area contributed by atoms with Crippen LogP contribution in [0.3, 0.4) is 0 Å². The molecule has 0 saturated heterocycles. The topological polar surface area (TPSA) is 93.5 Å². The maximum atomic E-state index is 12.2. The van der Waals surface area contributed by atoms with Gasteiger partial charge in [-0.25, -0.2) is 14.3 Å². The average molecular weight is 352 g/mol. The molecule has 1 N–H and O–H groups in total. The van der Waals surface area contributed by atoms with E-state index in [1.807, 2.05) is 6.07 Å². The molecular weight excluding hydrogens is 342 g/mol. The molecule has 0 aliphatic rings. The maximum Gasteiger partial charge on any atom is 0.334 e. The highest BCUT2D eigenvalue weighted by Gasteiger charge is 2.14. The fraction of sp³-hybridized carbons (Fsp3) is 0. The Labute approximate surface area is 145 Å². The molecule has 0 amide bonds. The summed E-state index contributed by atoms with van der Waals surface area (Å²) in [6.45, 7) is 0. The van der Waals surface area contributed by atoms with E-state index in [1.165, 1.54) is 4.57 Å². The molecule has 25 heavy (non-hydrogen) atoms. The first-order valence-electron chi connectivity index (χ1n) is 7.34. The molecule has 4 rings (SSSR count). The fourth-order valence-electron chi connectivity index (χ4n) is 2.50. The van der Waals surface area contributed by atoms with E-state index in [4.69, 9.17) is 11.6 Å². The Morgan fingerprint density at radius 3 is 2.52 bits per heavy atom. The number of hydrogen-bond acceptors (Lipinski definition) is 5. The summed E-state index contributed by atoms with van der Waals surface area (Å²) in [5.74, 6) is 0.249. The van der Waals surface area contributed by atoms with Crippen LogP contribution in [-0.2, 0) is 0 Å². The largest absolute Gasteiger partial charge is 0.334 e. The van der Waals surface area contributed by atoms with E-state index in [9.17, 15) is 9.59 Å². The van der Waals surface area contributed by atoms with Crippen molar-refractivity contribution >= 4 is 22.8 Å². The van der Waals surface area contributed by atoms with Crippen molar-refractivity contribution in [2.75, 3.05) is 0 Å². The molecule has 0 aliphatic carbocycles. The molecule has 0 fully saturated rings. The van der Waals surface area contributed by atoms with Crippen molar-refractivity contribution in [1.82, 2.24) is 24.7 Å². The number of para-hydroxylation sites is 1. The number of nitrogens with zero attached hydrogens (tertiary/aromatic N) is 4. The smallest absolute Gasteiger partial charge is 0.272 e. The average Bonchev–Trinajstić information content (AvgIpc) is 2.62. The predicted octanol–water partition coefficient (Wildman–Crippen LogP) is 2.18. The monoisotopic (exact) mass is 351 g/mol. The van der Waals surface area contributed by atoms with E-state index in [2.05, 4.69) is 20.2 Å². The van der Waals surface area contributed by atoms with Crippen LogP contribution in [0.5, 0.6) is 0 Å². The van der Waals surface area contributed by atoms with Crippen molar-refractivity contribution < 1.29 is 0 Å². The van der Waals surface area contributed by atoms with Gasteiger partial charge in [-0.2, -0.15) is 0 Å². The quantitative estimate of drug-likeness (QED) is 0.597. The minimum absolute atomic E-state index is 0.0217. The van der Waals surface area contributed by atoms with Crippen LogP contribution < -0.4 is 11.2 Å². The first-order valence-corrected chi connectivity index (χ1v) is 7.72. The molecule has 122 valence electrons. The summed E-state index contributed by atoms with van der Waals surface area (Å²) in [5, 5.41) is 8.64. The molecule has 0 radical (unpaired) electrons. The molecule has 2 aromatic carbocycles. The number of aromatic nitrogens is 5. The Morgan fingerprint density at radius 1 is 0.960 bits per heavy atom. The first-order chi connectivity index (χ1) is 12.1. The molecule has 0 saturated carbocycles. The lowest BCUT2D eigenvalue weighted by atomic mass is 10.2. The van der Waals surface area contributed by atoms with Crippen molar-refractivity contribution in [3.05, 3.63) is 80.5 Å². The minimum Gasteiger partial charge on any atom is -0.272 e. The second kappa shape index (κ2) is 5.95. The highest BCUT2D eigenvalue weighted by molar-refractivity contribution is 6.30. The predicted molar refractivity (Wildman–Crippen MR) is 94.0 cm³/mol. The molecule has 8 heteroatoms. The fourth-order valence-corrected chi connectivity index (χ4v) is 2.69. The van der Waals surface area contributed by atoms with Crippen molar-refractivity contribution in [1.29, 1.82) is 0 Å². The first kappa shape index (κ1) is 15.2. The Kier molecular flexibility index (Phi) is 3.62. The van der Waals surface area contributed by atoms with Gasteiger partial charge in [-0.15, -0.1) is 10.2 Å². The zero-order chi connectivity index (χ0) is 17.4. The van der Waals surface area contributed by atoms with Gasteiger partial charge in [0.15, 0.2) is 17.0 Å². The Hall–Kier alpha value is -3.32. The van der Waals surface area contributed by atoms with Crippen LogP contribution in [0, 0.1) is 0 Å². The van der Waals surface area contributed by atoms with Gasteiger partial charge in [0, 0.05) is 10.6 Å². The van der Waals surface area contributed by atoms with Gasteiger partial charge in [-0.1, -0.05) is 41.9 Å². The number of aromatic amines is 1. The van der Waals surface area contributed by atoms with Crippen LogP contribution in [0.25, 0.3) is 28.2 Å². The SMILES string of the molecule is O=c1[nH]c(=O)n(-c2ccccc2)c2nnc(-c3cccc(Cl)c3)nc12. The number of hydrogen-bond donors (Lipinski definition) is 1. The van der Waals surface area contributed by atoms with Crippen molar-refractivity contribution in [3.63, 3.8) is 0 Å². The maximum absolute atomic E-state index is 12.2. The lowest BCUT2D eigenvalue weighted by Gasteiger charge is -2.08. The molecule has 4 aromatic rings. The molecule has 7 nitrogen and oxygen atoms in total. The molecule has 0 bridgehead atoms. The van der Waals surface area contributed by atoms with Crippen molar-refractivity contribution in [3.8, 4) is 17.1 Å². The summed E-state index contributed by atoms with van der Waals surface area (Å²) in [5.41, 5.74) is 0.0685. The van der Waals surface area contributed by atoms with Crippen LogP contribution >= 0.6 is 11.6 Å². The van der Waals surface area contributed by atoms with Gasteiger partial charge >= 0.3 is 5.69 Å². The van der Waals surface area contributed by atoms with E-state index in [1.54, 1.807) is 48.5 Å². The van der Waals surface area contributed by atoms with Gasteiger partial charge in [-0.05, 0) is 24.3 Å². The molecule has 0 unspecified atom stereocenters. The Balaban J connectivity index is 2.01.